The maximum Gasteiger partial charge on any atom is 0.233 e. The molecule has 4 rings (SSSR count). The fourth-order valence-corrected chi connectivity index (χ4v) is 4.20. The first kappa shape index (κ1) is 17.7. The zero-order chi connectivity index (χ0) is 18.6. The van der Waals surface area contributed by atoms with E-state index in [0.717, 1.165) is 24.9 Å². The molecule has 0 spiro atoms. The van der Waals surface area contributed by atoms with Gasteiger partial charge >= 0.3 is 0 Å². The highest BCUT2D eigenvalue weighted by Crippen LogP contribution is 2.30. The van der Waals surface area contributed by atoms with E-state index in [9.17, 15) is 4.79 Å². The summed E-state index contributed by atoms with van der Waals surface area (Å²) < 4.78 is 1.66. The number of rotatable bonds is 5. The van der Waals surface area contributed by atoms with Crippen LogP contribution in [0.25, 0.3) is 5.69 Å². The quantitative estimate of drug-likeness (QED) is 0.689. The lowest BCUT2D eigenvalue weighted by Gasteiger charge is -2.27. The van der Waals surface area contributed by atoms with Gasteiger partial charge in [0, 0.05) is 0 Å². The number of benzene rings is 2. The van der Waals surface area contributed by atoms with Crippen molar-refractivity contribution in [3.63, 3.8) is 0 Å². The van der Waals surface area contributed by atoms with E-state index in [1.165, 1.54) is 22.9 Å². The van der Waals surface area contributed by atoms with E-state index in [1.54, 1.807) is 4.68 Å². The zero-order valence-electron chi connectivity index (χ0n) is 15.1. The van der Waals surface area contributed by atoms with Crippen LogP contribution in [0.3, 0.4) is 0 Å². The molecule has 6 nitrogen and oxygen atoms in total. The fraction of sp³-hybridized carbons (Fsp3) is 0.300. The van der Waals surface area contributed by atoms with Crippen molar-refractivity contribution in [2.75, 3.05) is 0 Å². The topological polar surface area (TPSA) is 72.7 Å². The number of aromatic nitrogens is 4. The average Bonchev–Trinajstić information content (AvgIpc) is 3.17. The van der Waals surface area contributed by atoms with Crippen LogP contribution in [-0.2, 0) is 11.2 Å². The lowest BCUT2D eigenvalue weighted by atomic mass is 9.88. The Kier molecular flexibility index (Phi) is 5.20. The van der Waals surface area contributed by atoms with Crippen LogP contribution in [0.2, 0.25) is 0 Å². The molecule has 27 heavy (non-hydrogen) atoms. The predicted octanol–water partition coefficient (Wildman–Crippen LogP) is 3.34. The van der Waals surface area contributed by atoms with Crippen LogP contribution >= 0.6 is 11.8 Å². The highest BCUT2D eigenvalue weighted by atomic mass is 32.2. The number of hydrogen-bond acceptors (Lipinski definition) is 5. The molecule has 1 aromatic heterocycles. The number of hydrogen-bond donors (Lipinski definition) is 1. The summed E-state index contributed by atoms with van der Waals surface area (Å²) in [7, 11) is 0. The van der Waals surface area contributed by atoms with Crippen LogP contribution in [0.1, 0.15) is 36.9 Å². The average molecular weight is 379 g/mol. The van der Waals surface area contributed by atoms with Crippen molar-refractivity contribution < 1.29 is 4.79 Å². The minimum absolute atomic E-state index is 0.00400. The molecular weight excluding hydrogens is 358 g/mol. The molecule has 0 radical (unpaired) electrons. The van der Waals surface area contributed by atoms with Gasteiger partial charge in [-0.1, -0.05) is 54.2 Å². The number of nitrogens with zero attached hydrogens (tertiary/aromatic N) is 4. The van der Waals surface area contributed by atoms with Crippen molar-refractivity contribution in [3.8, 4) is 5.69 Å². The summed E-state index contributed by atoms with van der Waals surface area (Å²) in [6, 6.07) is 18.1. The summed E-state index contributed by atoms with van der Waals surface area (Å²) in [5.41, 5.74) is 3.45. The zero-order valence-corrected chi connectivity index (χ0v) is 15.9. The van der Waals surface area contributed by atoms with E-state index in [2.05, 4.69) is 39.0 Å². The summed E-state index contributed by atoms with van der Waals surface area (Å²) in [4.78, 5) is 12.8. The van der Waals surface area contributed by atoms with Crippen LogP contribution < -0.4 is 5.32 Å². The minimum atomic E-state index is -0.299. The number of fused-ring (bicyclic) bond motifs is 1. The van der Waals surface area contributed by atoms with Gasteiger partial charge in [0.25, 0.3) is 0 Å². The summed E-state index contributed by atoms with van der Waals surface area (Å²) in [6.07, 6.45) is 3.15. The van der Waals surface area contributed by atoms with Crippen LogP contribution in [0.4, 0.5) is 0 Å². The van der Waals surface area contributed by atoms with Gasteiger partial charge in [-0.3, -0.25) is 4.79 Å². The summed E-state index contributed by atoms with van der Waals surface area (Å²) in [5.74, 6) is 0.00400. The number of amides is 1. The van der Waals surface area contributed by atoms with Crippen molar-refractivity contribution in [3.05, 3.63) is 65.7 Å². The molecule has 3 aromatic rings. The first-order chi connectivity index (χ1) is 13.2. The Balaban J connectivity index is 1.45. The van der Waals surface area contributed by atoms with Gasteiger partial charge in [0.15, 0.2) is 0 Å². The third kappa shape index (κ3) is 3.88. The Bertz CT molecular complexity index is 927. The number of nitrogens with one attached hydrogen (secondary N) is 1. The van der Waals surface area contributed by atoms with Gasteiger partial charge in [0.1, 0.15) is 0 Å². The van der Waals surface area contributed by atoms with Crippen molar-refractivity contribution in [2.45, 2.75) is 42.6 Å². The number of thioether (sulfide) groups is 1. The molecule has 1 N–H and O–H groups in total. The largest absolute Gasteiger partial charge is 0.348 e. The number of para-hydroxylation sites is 1. The number of carbonyl (C=O) groups excluding carboxylic acids is 1. The van der Waals surface area contributed by atoms with Crippen molar-refractivity contribution in [1.29, 1.82) is 0 Å². The Hall–Kier alpha value is -2.67. The van der Waals surface area contributed by atoms with E-state index >= 15 is 0 Å². The molecule has 0 saturated carbocycles. The van der Waals surface area contributed by atoms with Gasteiger partial charge < -0.3 is 5.32 Å². The van der Waals surface area contributed by atoms with E-state index in [4.69, 9.17) is 0 Å². The van der Waals surface area contributed by atoms with Gasteiger partial charge in [0.05, 0.1) is 17.0 Å². The SMILES string of the molecule is CC(Sc1nnnn1-c1ccccc1)C(=O)NC1CCCc2ccccc21. The molecule has 2 aromatic carbocycles. The standard InChI is InChI=1S/C20H21N5OS/c1-14(27-20-22-23-24-25(20)16-10-3-2-4-11-16)19(26)21-18-13-7-9-15-8-5-6-12-17(15)18/h2-6,8,10-12,14,18H,7,9,13H2,1H3,(H,21,26). The smallest absolute Gasteiger partial charge is 0.233 e. The molecule has 0 fully saturated rings. The summed E-state index contributed by atoms with van der Waals surface area (Å²) in [5, 5.41) is 15.4. The van der Waals surface area contributed by atoms with E-state index < -0.39 is 0 Å². The molecule has 138 valence electrons. The second kappa shape index (κ2) is 7.92. The molecule has 0 bridgehead atoms. The van der Waals surface area contributed by atoms with Crippen molar-refractivity contribution in [2.24, 2.45) is 0 Å². The molecule has 2 atom stereocenters. The lowest BCUT2D eigenvalue weighted by molar-refractivity contribution is -0.121. The maximum absolute atomic E-state index is 12.8. The van der Waals surface area contributed by atoms with Crippen molar-refractivity contribution >= 4 is 17.7 Å². The molecule has 2 unspecified atom stereocenters. The number of carbonyl (C=O) groups is 1. The van der Waals surface area contributed by atoms with Crippen LogP contribution in [-0.4, -0.2) is 31.4 Å². The molecular formula is C20H21N5OS. The Morgan fingerprint density at radius 3 is 2.81 bits per heavy atom. The number of aryl methyl sites for hydroxylation is 1. The molecule has 7 heteroatoms. The second-order valence-corrected chi connectivity index (χ2v) is 7.93. The monoisotopic (exact) mass is 379 g/mol. The molecule has 1 amide bonds. The molecule has 1 aliphatic carbocycles. The Labute approximate surface area is 162 Å². The van der Waals surface area contributed by atoms with Crippen LogP contribution in [0.15, 0.2) is 59.8 Å². The van der Waals surface area contributed by atoms with Crippen LogP contribution in [0.5, 0.6) is 0 Å². The molecule has 0 saturated heterocycles. The minimum Gasteiger partial charge on any atom is -0.348 e. The normalized spacial score (nSPS) is 17.1. The first-order valence-corrected chi connectivity index (χ1v) is 9.99. The molecule has 0 aliphatic heterocycles. The number of tetrazole rings is 1. The second-order valence-electron chi connectivity index (χ2n) is 6.62. The predicted molar refractivity (Wildman–Crippen MR) is 105 cm³/mol. The third-order valence-corrected chi connectivity index (χ3v) is 5.81. The van der Waals surface area contributed by atoms with Crippen molar-refractivity contribution in [1.82, 2.24) is 25.5 Å². The Morgan fingerprint density at radius 1 is 1.19 bits per heavy atom. The Morgan fingerprint density at radius 2 is 1.96 bits per heavy atom. The van der Waals surface area contributed by atoms with E-state index in [0.29, 0.717) is 5.16 Å². The lowest BCUT2D eigenvalue weighted by Crippen LogP contribution is -2.36. The third-order valence-electron chi connectivity index (χ3n) is 4.78. The maximum atomic E-state index is 12.8. The highest BCUT2D eigenvalue weighted by molar-refractivity contribution is 8.00. The van der Waals surface area contributed by atoms with E-state index in [1.807, 2.05) is 43.3 Å². The van der Waals surface area contributed by atoms with Gasteiger partial charge in [0.2, 0.25) is 11.1 Å². The van der Waals surface area contributed by atoms with Gasteiger partial charge in [-0.15, -0.1) is 5.10 Å². The van der Waals surface area contributed by atoms with Gasteiger partial charge in [-0.2, -0.15) is 4.68 Å². The van der Waals surface area contributed by atoms with Crippen LogP contribution in [0, 0.1) is 0 Å². The molecule has 1 aliphatic rings. The highest BCUT2D eigenvalue weighted by Gasteiger charge is 2.25. The first-order valence-electron chi connectivity index (χ1n) is 9.11. The van der Waals surface area contributed by atoms with Gasteiger partial charge in [-0.05, 0) is 59.9 Å². The van der Waals surface area contributed by atoms with E-state index in [-0.39, 0.29) is 17.2 Å². The fourth-order valence-electron chi connectivity index (χ4n) is 3.39. The van der Waals surface area contributed by atoms with Gasteiger partial charge in [-0.25, -0.2) is 0 Å². The summed E-state index contributed by atoms with van der Waals surface area (Å²) in [6.45, 7) is 1.89. The summed E-state index contributed by atoms with van der Waals surface area (Å²) >= 11 is 1.36. The molecule has 1 heterocycles.